The average Bonchev–Trinajstić information content (AvgIpc) is 2.88. The highest BCUT2D eigenvalue weighted by molar-refractivity contribution is 6.04. The first-order chi connectivity index (χ1) is 16.5. The zero-order valence-electron chi connectivity index (χ0n) is 19.8. The number of anilines is 2. The minimum Gasteiger partial charge on any atom is -0.494 e. The van der Waals surface area contributed by atoms with Crippen LogP contribution >= 0.6 is 0 Å². The lowest BCUT2D eigenvalue weighted by Gasteiger charge is -2.36. The summed E-state index contributed by atoms with van der Waals surface area (Å²) in [6.07, 6.45) is 0.918. The van der Waals surface area contributed by atoms with Crippen molar-refractivity contribution in [2.24, 2.45) is 0 Å². The summed E-state index contributed by atoms with van der Waals surface area (Å²) in [6.45, 7) is 7.60. The summed E-state index contributed by atoms with van der Waals surface area (Å²) >= 11 is 0. The average molecular weight is 458 g/mol. The summed E-state index contributed by atoms with van der Waals surface area (Å²) in [6, 6.07) is 22.8. The van der Waals surface area contributed by atoms with E-state index < -0.39 is 0 Å². The van der Waals surface area contributed by atoms with E-state index in [-0.39, 0.29) is 11.8 Å². The molecule has 4 rings (SSSR count). The summed E-state index contributed by atoms with van der Waals surface area (Å²) < 4.78 is 5.62. The number of rotatable bonds is 7. The Morgan fingerprint density at radius 1 is 0.882 bits per heavy atom. The van der Waals surface area contributed by atoms with Gasteiger partial charge >= 0.3 is 0 Å². The molecule has 3 aromatic rings. The SMILES string of the molecule is CCCOc1cccc(C(=O)Nc2ccc(N3CCN(C(=O)c4ccc(C)cc4)CC3)cc2)c1. The van der Waals surface area contributed by atoms with E-state index in [2.05, 4.69) is 10.2 Å². The van der Waals surface area contributed by atoms with Crippen molar-refractivity contribution in [2.75, 3.05) is 43.0 Å². The van der Waals surface area contributed by atoms with Gasteiger partial charge in [0, 0.05) is 48.7 Å². The first kappa shape index (κ1) is 23.4. The Balaban J connectivity index is 1.31. The van der Waals surface area contributed by atoms with Crippen LogP contribution in [0.4, 0.5) is 11.4 Å². The molecule has 3 aromatic carbocycles. The molecule has 0 spiro atoms. The van der Waals surface area contributed by atoms with Crippen molar-refractivity contribution in [1.29, 1.82) is 0 Å². The summed E-state index contributed by atoms with van der Waals surface area (Å²) in [4.78, 5) is 29.6. The van der Waals surface area contributed by atoms with Crippen LogP contribution in [-0.2, 0) is 0 Å². The molecule has 0 saturated carbocycles. The van der Waals surface area contributed by atoms with Crippen LogP contribution in [0.25, 0.3) is 0 Å². The third-order valence-electron chi connectivity index (χ3n) is 5.92. The third kappa shape index (κ3) is 5.76. The molecule has 34 heavy (non-hydrogen) atoms. The molecule has 1 N–H and O–H groups in total. The lowest BCUT2D eigenvalue weighted by Crippen LogP contribution is -2.48. The van der Waals surface area contributed by atoms with E-state index in [4.69, 9.17) is 4.74 Å². The smallest absolute Gasteiger partial charge is 0.255 e. The van der Waals surface area contributed by atoms with Crippen LogP contribution in [0.15, 0.2) is 72.8 Å². The van der Waals surface area contributed by atoms with Gasteiger partial charge in [0.05, 0.1) is 6.61 Å². The summed E-state index contributed by atoms with van der Waals surface area (Å²) in [5, 5.41) is 2.95. The molecule has 0 radical (unpaired) electrons. The largest absolute Gasteiger partial charge is 0.494 e. The van der Waals surface area contributed by atoms with E-state index in [1.54, 1.807) is 12.1 Å². The van der Waals surface area contributed by atoms with Gasteiger partial charge < -0.3 is 19.9 Å². The number of benzene rings is 3. The maximum absolute atomic E-state index is 12.8. The zero-order chi connectivity index (χ0) is 23.9. The molecule has 0 aliphatic carbocycles. The molecule has 1 saturated heterocycles. The van der Waals surface area contributed by atoms with Gasteiger partial charge in [0.2, 0.25) is 0 Å². The number of hydrogen-bond acceptors (Lipinski definition) is 4. The Labute approximate surface area is 201 Å². The minimum atomic E-state index is -0.169. The van der Waals surface area contributed by atoms with Crippen LogP contribution in [0.5, 0.6) is 5.75 Å². The van der Waals surface area contributed by atoms with Gasteiger partial charge in [0.1, 0.15) is 5.75 Å². The van der Waals surface area contributed by atoms with Crippen LogP contribution in [0.2, 0.25) is 0 Å². The molecule has 176 valence electrons. The topological polar surface area (TPSA) is 61.9 Å². The van der Waals surface area contributed by atoms with Gasteiger partial charge in [0.25, 0.3) is 11.8 Å². The number of ether oxygens (including phenoxy) is 1. The van der Waals surface area contributed by atoms with E-state index in [0.717, 1.165) is 42.0 Å². The number of nitrogens with zero attached hydrogens (tertiary/aromatic N) is 2. The number of piperazine rings is 1. The van der Waals surface area contributed by atoms with Crippen LogP contribution in [0.3, 0.4) is 0 Å². The number of hydrogen-bond donors (Lipinski definition) is 1. The van der Waals surface area contributed by atoms with Crippen LogP contribution in [0, 0.1) is 6.92 Å². The maximum atomic E-state index is 12.8. The van der Waals surface area contributed by atoms with Crippen molar-refractivity contribution in [3.63, 3.8) is 0 Å². The van der Waals surface area contributed by atoms with Gasteiger partial charge in [-0.25, -0.2) is 0 Å². The molecule has 6 nitrogen and oxygen atoms in total. The van der Waals surface area contributed by atoms with Crippen molar-refractivity contribution >= 4 is 23.2 Å². The number of carbonyl (C=O) groups excluding carboxylic acids is 2. The molecule has 1 heterocycles. The van der Waals surface area contributed by atoms with Gasteiger partial charge in [0.15, 0.2) is 0 Å². The Bertz CT molecular complexity index is 1120. The van der Waals surface area contributed by atoms with Crippen molar-refractivity contribution in [3.8, 4) is 5.75 Å². The predicted octanol–water partition coefficient (Wildman–Crippen LogP) is 5.00. The van der Waals surface area contributed by atoms with Gasteiger partial charge in [-0.05, 0) is 67.9 Å². The highest BCUT2D eigenvalue weighted by Gasteiger charge is 2.22. The van der Waals surface area contributed by atoms with Crippen molar-refractivity contribution in [1.82, 2.24) is 4.90 Å². The van der Waals surface area contributed by atoms with Gasteiger partial charge in [-0.15, -0.1) is 0 Å². The Hall–Kier alpha value is -3.80. The normalized spacial score (nSPS) is 13.5. The fourth-order valence-electron chi connectivity index (χ4n) is 3.95. The number of nitrogens with one attached hydrogen (secondary N) is 1. The molecule has 1 fully saturated rings. The lowest BCUT2D eigenvalue weighted by atomic mass is 10.1. The van der Waals surface area contributed by atoms with E-state index in [9.17, 15) is 9.59 Å². The fraction of sp³-hybridized carbons (Fsp3) is 0.286. The van der Waals surface area contributed by atoms with Crippen molar-refractivity contribution in [2.45, 2.75) is 20.3 Å². The number of aryl methyl sites for hydroxylation is 1. The Morgan fingerprint density at radius 2 is 1.59 bits per heavy atom. The summed E-state index contributed by atoms with van der Waals surface area (Å²) in [5.41, 5.74) is 4.27. The van der Waals surface area contributed by atoms with E-state index in [1.807, 2.05) is 79.4 Å². The zero-order valence-corrected chi connectivity index (χ0v) is 19.8. The minimum absolute atomic E-state index is 0.0851. The second kappa shape index (κ2) is 10.9. The second-order valence-electron chi connectivity index (χ2n) is 8.52. The van der Waals surface area contributed by atoms with E-state index >= 15 is 0 Å². The van der Waals surface area contributed by atoms with Crippen LogP contribution in [0.1, 0.15) is 39.6 Å². The number of carbonyl (C=O) groups is 2. The van der Waals surface area contributed by atoms with Crippen molar-refractivity contribution < 1.29 is 14.3 Å². The molecule has 6 heteroatoms. The molecule has 1 aliphatic heterocycles. The maximum Gasteiger partial charge on any atom is 0.255 e. The van der Waals surface area contributed by atoms with E-state index in [1.165, 1.54) is 0 Å². The molecule has 0 unspecified atom stereocenters. The quantitative estimate of drug-likeness (QED) is 0.542. The summed E-state index contributed by atoms with van der Waals surface area (Å²) in [5.74, 6) is 0.615. The fourth-order valence-corrected chi connectivity index (χ4v) is 3.95. The molecular formula is C28H31N3O3. The molecule has 0 atom stereocenters. The third-order valence-corrected chi connectivity index (χ3v) is 5.92. The van der Waals surface area contributed by atoms with Crippen LogP contribution in [-0.4, -0.2) is 49.5 Å². The van der Waals surface area contributed by atoms with E-state index in [0.29, 0.717) is 31.0 Å². The van der Waals surface area contributed by atoms with Gasteiger partial charge in [-0.3, -0.25) is 9.59 Å². The standard InChI is InChI=1S/C28H31N3O3/c1-3-19-34-26-6-4-5-23(20-26)27(32)29-24-11-13-25(14-12-24)30-15-17-31(18-16-30)28(33)22-9-7-21(2)8-10-22/h4-14,20H,3,15-19H2,1-2H3,(H,29,32). The first-order valence-corrected chi connectivity index (χ1v) is 11.8. The van der Waals surface area contributed by atoms with Crippen LogP contribution < -0.4 is 15.0 Å². The highest BCUT2D eigenvalue weighted by atomic mass is 16.5. The monoisotopic (exact) mass is 457 g/mol. The second-order valence-corrected chi connectivity index (χ2v) is 8.52. The highest BCUT2D eigenvalue weighted by Crippen LogP contribution is 2.21. The van der Waals surface area contributed by atoms with Gasteiger partial charge in [-0.1, -0.05) is 30.7 Å². The molecule has 0 bridgehead atoms. The molecule has 1 aliphatic rings. The van der Waals surface area contributed by atoms with Gasteiger partial charge in [-0.2, -0.15) is 0 Å². The predicted molar refractivity (Wildman–Crippen MR) is 136 cm³/mol. The lowest BCUT2D eigenvalue weighted by molar-refractivity contribution is 0.0746. The molecular weight excluding hydrogens is 426 g/mol. The van der Waals surface area contributed by atoms with Crippen molar-refractivity contribution in [3.05, 3.63) is 89.5 Å². The number of amides is 2. The molecule has 2 amide bonds. The molecule has 0 aromatic heterocycles. The Kier molecular flexibility index (Phi) is 7.48. The Morgan fingerprint density at radius 3 is 2.26 bits per heavy atom. The first-order valence-electron chi connectivity index (χ1n) is 11.8. The summed E-state index contributed by atoms with van der Waals surface area (Å²) in [7, 11) is 0.